The molecule has 0 amide bonds. The van der Waals surface area contributed by atoms with Crippen molar-refractivity contribution in [1.82, 2.24) is 4.31 Å². The fraction of sp³-hybridized carbons (Fsp3) is 0.625. The van der Waals surface area contributed by atoms with Gasteiger partial charge in [0.05, 0.1) is 5.75 Å². The number of sulfonamides is 1. The van der Waals surface area contributed by atoms with Gasteiger partial charge in [-0.3, -0.25) is 0 Å². The van der Waals surface area contributed by atoms with Gasteiger partial charge < -0.3 is 5.73 Å². The van der Waals surface area contributed by atoms with E-state index in [4.69, 9.17) is 5.73 Å². The normalized spacial score (nSPS) is 18.8. The summed E-state index contributed by atoms with van der Waals surface area (Å²) in [5.41, 5.74) is 7.34. The molecule has 0 saturated carbocycles. The lowest BCUT2D eigenvalue weighted by Crippen LogP contribution is -2.41. The van der Waals surface area contributed by atoms with E-state index in [1.807, 2.05) is 12.1 Å². The predicted octanol–water partition coefficient (Wildman–Crippen LogP) is 2.86. The average molecular weight is 310 g/mol. The van der Waals surface area contributed by atoms with Gasteiger partial charge in [-0.2, -0.15) is 0 Å². The molecule has 2 N–H and O–H groups in total. The van der Waals surface area contributed by atoms with Crippen LogP contribution in [0.15, 0.2) is 24.3 Å². The molecular weight excluding hydrogens is 284 g/mol. The molecule has 0 unspecified atom stereocenters. The summed E-state index contributed by atoms with van der Waals surface area (Å²) in [4.78, 5) is 0. The molecule has 21 heavy (non-hydrogen) atoms. The quantitative estimate of drug-likeness (QED) is 0.873. The standard InChI is InChI=1S/C16H26N2O2S/c1-16(2,3)14-8-10-18(11-9-14)21(19,20)12-13-6-4-5-7-15(13)17/h4-7,14H,8-12,17H2,1-3H3. The molecule has 0 aliphatic carbocycles. The molecule has 1 aliphatic heterocycles. The Hall–Kier alpha value is -1.07. The van der Waals surface area contributed by atoms with Crippen LogP contribution in [0.5, 0.6) is 0 Å². The number of piperidine rings is 1. The van der Waals surface area contributed by atoms with Crippen molar-refractivity contribution in [3.63, 3.8) is 0 Å². The summed E-state index contributed by atoms with van der Waals surface area (Å²) in [6, 6.07) is 7.18. The smallest absolute Gasteiger partial charge is 0.218 e. The Morgan fingerprint density at radius 3 is 2.29 bits per heavy atom. The van der Waals surface area contributed by atoms with E-state index in [1.54, 1.807) is 16.4 Å². The molecule has 4 nitrogen and oxygen atoms in total. The van der Waals surface area contributed by atoms with Crippen LogP contribution in [-0.2, 0) is 15.8 Å². The van der Waals surface area contributed by atoms with Gasteiger partial charge in [-0.25, -0.2) is 12.7 Å². The number of benzene rings is 1. The molecule has 2 rings (SSSR count). The molecule has 1 saturated heterocycles. The third kappa shape index (κ3) is 3.98. The van der Waals surface area contributed by atoms with Crippen molar-refractivity contribution >= 4 is 15.7 Å². The number of rotatable bonds is 3. The van der Waals surface area contributed by atoms with Crippen LogP contribution < -0.4 is 5.73 Å². The topological polar surface area (TPSA) is 63.4 Å². The van der Waals surface area contributed by atoms with E-state index in [9.17, 15) is 8.42 Å². The summed E-state index contributed by atoms with van der Waals surface area (Å²) in [5.74, 6) is 0.589. The molecule has 1 fully saturated rings. The highest BCUT2D eigenvalue weighted by Gasteiger charge is 2.33. The van der Waals surface area contributed by atoms with E-state index in [0.29, 0.717) is 30.3 Å². The molecule has 1 heterocycles. The number of hydrogen-bond donors (Lipinski definition) is 1. The zero-order valence-corrected chi connectivity index (χ0v) is 14.0. The van der Waals surface area contributed by atoms with Gasteiger partial charge in [-0.15, -0.1) is 0 Å². The maximum Gasteiger partial charge on any atom is 0.218 e. The lowest BCUT2D eigenvalue weighted by atomic mass is 9.76. The molecular formula is C16H26N2O2S. The van der Waals surface area contributed by atoms with Crippen LogP contribution in [0.4, 0.5) is 5.69 Å². The molecule has 118 valence electrons. The van der Waals surface area contributed by atoms with Gasteiger partial charge in [0.15, 0.2) is 0 Å². The van der Waals surface area contributed by atoms with Crippen LogP contribution in [0.25, 0.3) is 0 Å². The van der Waals surface area contributed by atoms with Crippen molar-refractivity contribution in [2.24, 2.45) is 11.3 Å². The molecule has 1 aliphatic rings. The average Bonchev–Trinajstić information content (AvgIpc) is 2.40. The fourth-order valence-electron chi connectivity index (χ4n) is 2.95. The summed E-state index contributed by atoms with van der Waals surface area (Å²) >= 11 is 0. The number of nitrogens with zero attached hydrogens (tertiary/aromatic N) is 1. The lowest BCUT2D eigenvalue weighted by molar-refractivity contribution is 0.154. The van der Waals surface area contributed by atoms with Gasteiger partial charge in [-0.1, -0.05) is 39.0 Å². The Balaban J connectivity index is 2.04. The SMILES string of the molecule is CC(C)(C)C1CCN(S(=O)(=O)Cc2ccccc2N)CC1. The van der Waals surface area contributed by atoms with E-state index in [2.05, 4.69) is 20.8 Å². The van der Waals surface area contributed by atoms with Crippen LogP contribution in [-0.4, -0.2) is 25.8 Å². The summed E-state index contributed by atoms with van der Waals surface area (Å²) in [7, 11) is -3.27. The first kappa shape index (κ1) is 16.3. The predicted molar refractivity (Wildman–Crippen MR) is 87.2 cm³/mol. The Morgan fingerprint density at radius 1 is 1.19 bits per heavy atom. The minimum Gasteiger partial charge on any atom is -0.398 e. The van der Waals surface area contributed by atoms with Crippen molar-refractivity contribution in [3.05, 3.63) is 29.8 Å². The van der Waals surface area contributed by atoms with Crippen molar-refractivity contribution < 1.29 is 8.42 Å². The van der Waals surface area contributed by atoms with E-state index < -0.39 is 10.0 Å². The Morgan fingerprint density at radius 2 is 1.76 bits per heavy atom. The van der Waals surface area contributed by atoms with Crippen LogP contribution >= 0.6 is 0 Å². The van der Waals surface area contributed by atoms with Crippen molar-refractivity contribution in [1.29, 1.82) is 0 Å². The summed E-state index contributed by atoms with van der Waals surface area (Å²) in [5, 5.41) is 0. The molecule has 1 aromatic rings. The Kier molecular flexibility index (Phi) is 4.63. The highest BCUT2D eigenvalue weighted by atomic mass is 32.2. The zero-order valence-electron chi connectivity index (χ0n) is 13.2. The number of para-hydroxylation sites is 1. The van der Waals surface area contributed by atoms with E-state index >= 15 is 0 Å². The van der Waals surface area contributed by atoms with Gasteiger partial charge in [-0.05, 0) is 35.8 Å². The maximum atomic E-state index is 12.5. The lowest BCUT2D eigenvalue weighted by Gasteiger charge is -2.38. The number of nitrogens with two attached hydrogens (primary N) is 1. The molecule has 1 aromatic carbocycles. The molecule has 0 spiro atoms. The van der Waals surface area contributed by atoms with Gasteiger partial charge in [0.1, 0.15) is 0 Å². The second-order valence-corrected chi connectivity index (χ2v) is 8.96. The summed E-state index contributed by atoms with van der Waals surface area (Å²) in [6.07, 6.45) is 1.88. The Bertz CT molecular complexity index is 583. The zero-order chi connectivity index (χ0) is 15.7. The van der Waals surface area contributed by atoms with Crippen LogP contribution in [0.3, 0.4) is 0 Å². The van der Waals surface area contributed by atoms with Gasteiger partial charge in [0.2, 0.25) is 10.0 Å². The second-order valence-electron chi connectivity index (χ2n) is 6.99. The van der Waals surface area contributed by atoms with E-state index in [1.165, 1.54) is 0 Å². The molecule has 0 radical (unpaired) electrons. The van der Waals surface area contributed by atoms with E-state index in [-0.39, 0.29) is 11.2 Å². The molecule has 5 heteroatoms. The second kappa shape index (κ2) is 5.97. The first-order valence-electron chi connectivity index (χ1n) is 7.51. The van der Waals surface area contributed by atoms with Crippen molar-refractivity contribution in [3.8, 4) is 0 Å². The van der Waals surface area contributed by atoms with Gasteiger partial charge in [0.25, 0.3) is 0 Å². The van der Waals surface area contributed by atoms with Crippen LogP contribution in [0, 0.1) is 11.3 Å². The van der Waals surface area contributed by atoms with Crippen molar-refractivity contribution in [2.75, 3.05) is 18.8 Å². The monoisotopic (exact) mass is 310 g/mol. The van der Waals surface area contributed by atoms with E-state index in [0.717, 1.165) is 12.8 Å². The fourth-order valence-corrected chi connectivity index (χ4v) is 4.56. The number of anilines is 1. The van der Waals surface area contributed by atoms with Gasteiger partial charge >= 0.3 is 0 Å². The molecule has 0 aromatic heterocycles. The molecule has 0 atom stereocenters. The number of hydrogen-bond acceptors (Lipinski definition) is 3. The first-order chi connectivity index (χ1) is 9.70. The third-order valence-electron chi connectivity index (χ3n) is 4.47. The minimum atomic E-state index is -3.27. The number of nitrogen functional groups attached to an aromatic ring is 1. The van der Waals surface area contributed by atoms with Gasteiger partial charge in [0, 0.05) is 18.8 Å². The van der Waals surface area contributed by atoms with Crippen molar-refractivity contribution in [2.45, 2.75) is 39.4 Å². The van der Waals surface area contributed by atoms with Crippen LogP contribution in [0.2, 0.25) is 0 Å². The maximum absolute atomic E-state index is 12.5. The Labute approximate surface area is 128 Å². The summed E-state index contributed by atoms with van der Waals surface area (Å²) in [6.45, 7) is 7.93. The largest absolute Gasteiger partial charge is 0.398 e. The third-order valence-corrected chi connectivity index (χ3v) is 6.29. The molecule has 0 bridgehead atoms. The highest BCUT2D eigenvalue weighted by molar-refractivity contribution is 7.88. The minimum absolute atomic E-state index is 0.000141. The summed E-state index contributed by atoms with van der Waals surface area (Å²) < 4.78 is 26.7. The first-order valence-corrected chi connectivity index (χ1v) is 9.12. The van der Waals surface area contributed by atoms with Crippen LogP contribution in [0.1, 0.15) is 39.2 Å². The highest BCUT2D eigenvalue weighted by Crippen LogP contribution is 2.35.